The Bertz CT molecular complexity index is 7.51. The van der Waals surface area contributed by atoms with Crippen LogP contribution in [-0.4, -0.2) is 0 Å². The van der Waals surface area contributed by atoms with Crippen LogP contribution in [0, 0.1) is 0 Å². The zero-order valence-electron chi connectivity index (χ0n) is 3.31. The first-order valence-corrected chi connectivity index (χ1v) is 0. The Hall–Kier alpha value is 4.16. The van der Waals surface area contributed by atoms with E-state index in [1.807, 2.05) is 0 Å². The summed E-state index contributed by atoms with van der Waals surface area (Å²) in [5.74, 6) is 0. The van der Waals surface area contributed by atoms with Crippen LogP contribution in [0.5, 0.6) is 0 Å². The molecule has 0 saturated carbocycles. The van der Waals surface area contributed by atoms with Crippen molar-refractivity contribution < 1.29 is 75.2 Å². The Labute approximate surface area is 132 Å². The minimum Gasteiger partial charge on any atom is -1.00 e. The van der Waals surface area contributed by atoms with Crippen molar-refractivity contribution in [1.29, 1.82) is 0 Å². The largest absolute Gasteiger partial charge is 1.00 e. The molecular weight excluding hydrogens is 436 g/mol. The summed E-state index contributed by atoms with van der Waals surface area (Å²) < 4.78 is 0. The average Bonchev–Trinajstić information content (AvgIpc) is 0. The smallest absolute Gasteiger partial charge is 1.00 e. The molecule has 0 radical (unpaired) electrons. The molecule has 0 fully saturated rings. The van der Waals surface area contributed by atoms with Gasteiger partial charge in [-0.2, -0.15) is 9.90 Å². The Morgan fingerprint density at radius 1 is 0.667 bits per heavy atom. The van der Waals surface area contributed by atoms with Crippen molar-refractivity contribution in [2.75, 3.05) is 0 Å². The van der Waals surface area contributed by atoms with E-state index < -0.39 is 0 Å². The quantitative estimate of drug-likeness (QED) is 0.334. The predicted molar refractivity (Wildman–Crippen MR) is 42.1 cm³/mol. The molecule has 0 aliphatic rings. The molecule has 0 aliphatic carbocycles. The van der Waals surface area contributed by atoms with Gasteiger partial charge in [0.1, 0.15) is 0 Å². The van der Waals surface area contributed by atoms with Crippen LogP contribution >= 0.6 is 60.8 Å². The van der Waals surface area contributed by atoms with Gasteiger partial charge in [-0.1, -0.05) is 0 Å². The standard InChI is InChI=1S/4BrH.H3P.Rb/h4*1H;1H3;/q;;;;;+1/p-1. The fourth-order valence-electron chi connectivity index (χ4n) is 0. The third kappa shape index (κ3) is 24.2. The van der Waals surface area contributed by atoms with E-state index in [9.17, 15) is 0 Å². The van der Waals surface area contributed by atoms with Gasteiger partial charge in [-0.25, -0.2) is 0 Å². The first-order valence-electron chi connectivity index (χ1n) is 0. The SMILES string of the molecule is Br.Br.Br.P.[Br-].[Rb+]. The van der Waals surface area contributed by atoms with Gasteiger partial charge in [0.2, 0.25) is 0 Å². The fraction of sp³-hybridized carbons (Fsp3) is 0. The second-order valence-corrected chi connectivity index (χ2v) is 0. The van der Waals surface area contributed by atoms with Crippen molar-refractivity contribution in [3.8, 4) is 0 Å². The molecule has 0 aromatic heterocycles. The molecule has 1 atom stereocenters. The Balaban J connectivity index is 0. The summed E-state index contributed by atoms with van der Waals surface area (Å²) in [6.45, 7) is 0. The van der Waals surface area contributed by atoms with Gasteiger partial charge in [0.05, 0.1) is 0 Å². The van der Waals surface area contributed by atoms with Crippen molar-refractivity contribution >= 4 is 60.8 Å². The van der Waals surface area contributed by atoms with Crippen molar-refractivity contribution in [3.05, 3.63) is 0 Å². The summed E-state index contributed by atoms with van der Waals surface area (Å²) in [5.41, 5.74) is 0. The summed E-state index contributed by atoms with van der Waals surface area (Å²) >= 11 is 0. The van der Waals surface area contributed by atoms with E-state index in [2.05, 4.69) is 0 Å². The molecule has 0 rings (SSSR count). The van der Waals surface area contributed by atoms with E-state index in [-0.39, 0.29) is 136 Å². The van der Waals surface area contributed by atoms with E-state index in [4.69, 9.17) is 0 Å². The van der Waals surface area contributed by atoms with Crippen molar-refractivity contribution in [2.45, 2.75) is 0 Å². The molecule has 6 heavy (non-hydrogen) atoms. The van der Waals surface area contributed by atoms with E-state index in [0.717, 1.165) is 0 Å². The van der Waals surface area contributed by atoms with Crippen LogP contribution in [0.15, 0.2) is 0 Å². The molecule has 0 nitrogen and oxygen atoms in total. The normalized spacial score (nSPS) is 0. The van der Waals surface area contributed by atoms with Crippen LogP contribution in [0.2, 0.25) is 0 Å². The summed E-state index contributed by atoms with van der Waals surface area (Å²) in [6.07, 6.45) is 0. The molecular formula is H6Br4PRb. The average molecular weight is 442 g/mol. The van der Waals surface area contributed by atoms with Crippen molar-refractivity contribution in [2.24, 2.45) is 0 Å². The number of hydrogen-bond donors (Lipinski definition) is 0. The zero-order valence-corrected chi connectivity index (χ0v) is 16.4. The molecule has 0 amide bonds. The van der Waals surface area contributed by atoms with E-state index in [1.165, 1.54) is 0 Å². The molecule has 40 valence electrons. The van der Waals surface area contributed by atoms with E-state index >= 15 is 0 Å². The molecule has 0 aromatic rings. The van der Waals surface area contributed by atoms with Crippen LogP contribution in [-0.2, 0) is 0 Å². The van der Waals surface area contributed by atoms with E-state index in [0.29, 0.717) is 0 Å². The maximum atomic E-state index is 0. The summed E-state index contributed by atoms with van der Waals surface area (Å²) in [4.78, 5) is 0. The molecule has 0 bridgehead atoms. The van der Waals surface area contributed by atoms with Gasteiger partial charge in [0, 0.05) is 0 Å². The van der Waals surface area contributed by atoms with Crippen LogP contribution < -0.4 is 75.2 Å². The predicted octanol–water partition coefficient (Wildman–Crippen LogP) is -4.20. The van der Waals surface area contributed by atoms with Crippen LogP contribution in [0.4, 0.5) is 0 Å². The van der Waals surface area contributed by atoms with Crippen LogP contribution in [0.1, 0.15) is 0 Å². The third-order valence-corrected chi connectivity index (χ3v) is 0. The first-order chi connectivity index (χ1) is 0. The Morgan fingerprint density at radius 3 is 0.667 bits per heavy atom. The van der Waals surface area contributed by atoms with Crippen LogP contribution in [0.3, 0.4) is 0 Å². The van der Waals surface area contributed by atoms with E-state index in [1.54, 1.807) is 0 Å². The molecule has 0 aromatic carbocycles. The van der Waals surface area contributed by atoms with Gasteiger partial charge in [-0.15, -0.1) is 50.9 Å². The summed E-state index contributed by atoms with van der Waals surface area (Å²) in [6, 6.07) is 0. The summed E-state index contributed by atoms with van der Waals surface area (Å²) in [5, 5.41) is 0. The number of hydrogen-bond acceptors (Lipinski definition) is 0. The van der Waals surface area contributed by atoms with Gasteiger partial charge in [0.15, 0.2) is 0 Å². The Morgan fingerprint density at radius 2 is 0.667 bits per heavy atom. The summed E-state index contributed by atoms with van der Waals surface area (Å²) in [7, 11) is 0. The molecule has 0 saturated heterocycles. The topological polar surface area (TPSA) is 0 Å². The number of halogens is 4. The van der Waals surface area contributed by atoms with Crippen LogP contribution in [0.25, 0.3) is 0 Å². The third-order valence-electron chi connectivity index (χ3n) is 0. The zero-order chi connectivity index (χ0) is 0. The monoisotopic (exact) mass is 438 g/mol. The Kier molecular flexibility index (Phi) is 290. The van der Waals surface area contributed by atoms with Crippen molar-refractivity contribution in [1.82, 2.24) is 0 Å². The van der Waals surface area contributed by atoms with Gasteiger partial charge < -0.3 is 17.0 Å². The molecule has 0 spiro atoms. The van der Waals surface area contributed by atoms with Gasteiger partial charge >= 0.3 is 58.2 Å². The second kappa shape index (κ2) is 35.3. The molecule has 1 unspecified atom stereocenters. The molecule has 0 aliphatic heterocycles. The molecule has 0 N–H and O–H groups in total. The molecule has 0 heterocycles. The number of rotatable bonds is 0. The van der Waals surface area contributed by atoms with Gasteiger partial charge in [-0.3, -0.25) is 0 Å². The maximum absolute atomic E-state index is 0. The van der Waals surface area contributed by atoms with Gasteiger partial charge in [-0.05, 0) is 0 Å². The minimum absolute atomic E-state index is 0. The fourth-order valence-corrected chi connectivity index (χ4v) is 0. The maximum Gasteiger partial charge on any atom is 1.00 e. The molecule has 6 heteroatoms. The minimum atomic E-state index is 0. The van der Waals surface area contributed by atoms with Gasteiger partial charge in [0.25, 0.3) is 0 Å². The second-order valence-electron chi connectivity index (χ2n) is 0. The first kappa shape index (κ1) is 49.3. The van der Waals surface area contributed by atoms with Crippen molar-refractivity contribution in [3.63, 3.8) is 0 Å².